The Kier molecular flexibility index (Phi) is 4.31. The molecular weight excluding hydrogens is 460 g/mol. The Labute approximate surface area is 202 Å². The van der Waals surface area contributed by atoms with Crippen molar-refractivity contribution >= 4 is 17.9 Å². The van der Waals surface area contributed by atoms with Crippen LogP contribution >= 0.6 is 0 Å². The van der Waals surface area contributed by atoms with Gasteiger partial charge in [0.15, 0.2) is 17.8 Å². The topological polar surface area (TPSA) is 160 Å². The van der Waals surface area contributed by atoms with Gasteiger partial charge in [0.2, 0.25) is 5.60 Å². The lowest BCUT2D eigenvalue weighted by atomic mass is 9.50. The summed E-state index contributed by atoms with van der Waals surface area (Å²) in [4.78, 5) is 38.7. The van der Waals surface area contributed by atoms with Crippen molar-refractivity contribution in [2.45, 2.75) is 95.6 Å². The molecule has 3 heterocycles. The number of hydrogen-bond donors (Lipinski definition) is 4. The summed E-state index contributed by atoms with van der Waals surface area (Å²) < 4.78 is 17.6. The minimum absolute atomic E-state index is 0.205. The van der Waals surface area contributed by atoms with Crippen LogP contribution in [0.15, 0.2) is 0 Å². The summed E-state index contributed by atoms with van der Waals surface area (Å²) in [6.07, 6.45) is -5.19. The van der Waals surface area contributed by atoms with Gasteiger partial charge in [-0.15, -0.1) is 0 Å². The highest BCUT2D eigenvalue weighted by atomic mass is 16.6. The highest BCUT2D eigenvalue weighted by Gasteiger charge is 3.02. The van der Waals surface area contributed by atoms with E-state index in [1.165, 1.54) is 6.92 Å². The third-order valence-electron chi connectivity index (χ3n) is 11.7. The van der Waals surface area contributed by atoms with E-state index >= 15 is 0 Å². The van der Waals surface area contributed by atoms with Crippen molar-refractivity contribution in [3.8, 4) is 0 Å². The van der Waals surface area contributed by atoms with E-state index in [1.54, 1.807) is 6.92 Å². The predicted molar refractivity (Wildman–Crippen MR) is 115 cm³/mol. The van der Waals surface area contributed by atoms with E-state index in [1.807, 2.05) is 0 Å². The molecule has 0 aromatic rings. The Hall–Kier alpha value is -1.75. The van der Waals surface area contributed by atoms with Crippen LogP contribution in [0.5, 0.6) is 0 Å². The lowest BCUT2D eigenvalue weighted by Gasteiger charge is -2.50. The van der Waals surface area contributed by atoms with Crippen LogP contribution in [0.3, 0.4) is 0 Å². The zero-order chi connectivity index (χ0) is 25.7. The summed E-state index contributed by atoms with van der Waals surface area (Å²) in [5.41, 5.74) is -8.42. The second-order valence-electron chi connectivity index (χ2n) is 12.1. The molecule has 4 N–H and O–H groups in total. The van der Waals surface area contributed by atoms with E-state index in [0.29, 0.717) is 0 Å². The first-order valence-corrected chi connectivity index (χ1v) is 12.7. The molecule has 194 valence electrons. The molecule has 6 rings (SSSR count). The molecule has 14 atom stereocenters. The van der Waals surface area contributed by atoms with Crippen LogP contribution in [-0.2, 0) is 28.6 Å². The molecule has 0 radical (unpaired) electrons. The molecule has 35 heavy (non-hydrogen) atoms. The molecule has 0 aromatic heterocycles. The van der Waals surface area contributed by atoms with Gasteiger partial charge < -0.3 is 34.6 Å². The number of esters is 2. The standard InChI is InChI=1S/C25H34O10/c1-6-7-12-9(2)21(12,5)13-8-14-23-15(26)17-24(32,10(3)19(30)34-17)25(23,20(31)33-14)35-11(4)22(13,23)16(27)18(28)29/h9-17,26-27,32H,6-8H2,1-5H3,(H,28,29)/t9?,10?,11-,12?,13+,14?,15+,16+,17+,21-,22?,23+,24-,25-/m1/s1. The number of carboxylic acids is 1. The van der Waals surface area contributed by atoms with Gasteiger partial charge >= 0.3 is 17.9 Å². The van der Waals surface area contributed by atoms with Gasteiger partial charge in [0.1, 0.15) is 12.2 Å². The average Bonchev–Trinajstić information content (AvgIpc) is 3.17. The molecule has 0 bridgehead atoms. The lowest BCUT2D eigenvalue weighted by Crippen LogP contribution is -2.67. The Morgan fingerprint density at radius 3 is 2.46 bits per heavy atom. The molecule has 0 aromatic carbocycles. The van der Waals surface area contributed by atoms with Gasteiger partial charge in [0, 0.05) is 0 Å². The fourth-order valence-corrected chi connectivity index (χ4v) is 10.3. The molecule has 10 heteroatoms. The molecule has 6 aliphatic rings. The first-order chi connectivity index (χ1) is 16.3. The number of fused-ring (bicyclic) bond motifs is 1. The zero-order valence-electron chi connectivity index (χ0n) is 20.6. The SMILES string of the molecule is CCCC1C(C)[C@@]1(C)[C@@H]1CC2OC(=O)[C@@]34O[C@H](C)C1([C@@H](O)C(=O)O)[C@@]23[C@@H](O)[C@@H]1OC(=O)C(C)[C@@]14O. The quantitative estimate of drug-likeness (QED) is 0.390. The molecule has 0 amide bonds. The predicted octanol–water partition coefficient (Wildman–Crippen LogP) is 0.247. The Balaban J connectivity index is 1.66. The number of aliphatic hydroxyl groups is 3. The maximum absolute atomic E-state index is 13.7. The Bertz CT molecular complexity index is 1050. The highest BCUT2D eigenvalue weighted by Crippen LogP contribution is 2.86. The third kappa shape index (κ3) is 1.88. The number of carbonyl (C=O) groups excluding carboxylic acids is 2. The summed E-state index contributed by atoms with van der Waals surface area (Å²) in [5.74, 6) is -4.50. The van der Waals surface area contributed by atoms with E-state index in [2.05, 4.69) is 20.8 Å². The molecule has 3 aliphatic carbocycles. The summed E-state index contributed by atoms with van der Waals surface area (Å²) in [6, 6.07) is 0. The molecular formula is C25H34O10. The van der Waals surface area contributed by atoms with Crippen LogP contribution in [0.25, 0.3) is 0 Å². The fraction of sp³-hybridized carbons (Fsp3) is 0.880. The van der Waals surface area contributed by atoms with Gasteiger partial charge in [0.25, 0.3) is 0 Å². The molecule has 1 spiro atoms. The van der Waals surface area contributed by atoms with Gasteiger partial charge in [-0.25, -0.2) is 9.59 Å². The summed E-state index contributed by atoms with van der Waals surface area (Å²) in [6.45, 7) is 9.25. The Morgan fingerprint density at radius 2 is 1.86 bits per heavy atom. The van der Waals surface area contributed by atoms with E-state index in [0.717, 1.165) is 12.8 Å². The highest BCUT2D eigenvalue weighted by molar-refractivity contribution is 5.93. The van der Waals surface area contributed by atoms with Crippen LogP contribution in [-0.4, -0.2) is 80.1 Å². The number of rotatable bonds is 5. The lowest BCUT2D eigenvalue weighted by molar-refractivity contribution is -0.209. The van der Waals surface area contributed by atoms with Crippen molar-refractivity contribution in [1.29, 1.82) is 0 Å². The maximum Gasteiger partial charge on any atom is 0.342 e. The summed E-state index contributed by atoms with van der Waals surface area (Å²) >= 11 is 0. The minimum Gasteiger partial charge on any atom is -0.479 e. The monoisotopic (exact) mass is 494 g/mol. The van der Waals surface area contributed by atoms with Crippen molar-refractivity contribution in [1.82, 2.24) is 0 Å². The molecule has 6 fully saturated rings. The number of ether oxygens (including phenoxy) is 3. The van der Waals surface area contributed by atoms with Crippen molar-refractivity contribution in [3.63, 3.8) is 0 Å². The first kappa shape index (κ1) is 23.6. The van der Waals surface area contributed by atoms with Crippen LogP contribution in [0.4, 0.5) is 0 Å². The number of carbonyl (C=O) groups is 3. The normalized spacial score (nSPS) is 60.1. The minimum atomic E-state index is -2.28. The van der Waals surface area contributed by atoms with Gasteiger partial charge in [0.05, 0.1) is 22.9 Å². The largest absolute Gasteiger partial charge is 0.479 e. The smallest absolute Gasteiger partial charge is 0.342 e. The molecule has 5 unspecified atom stereocenters. The summed E-state index contributed by atoms with van der Waals surface area (Å²) in [7, 11) is 0. The van der Waals surface area contributed by atoms with Gasteiger partial charge in [-0.3, -0.25) is 4.79 Å². The first-order valence-electron chi connectivity index (χ1n) is 12.7. The third-order valence-corrected chi connectivity index (χ3v) is 11.7. The summed E-state index contributed by atoms with van der Waals surface area (Å²) in [5, 5.41) is 45.8. The van der Waals surface area contributed by atoms with Crippen molar-refractivity contribution in [2.75, 3.05) is 0 Å². The molecule has 10 nitrogen and oxygen atoms in total. The fourth-order valence-electron chi connectivity index (χ4n) is 10.3. The maximum atomic E-state index is 13.7. The van der Waals surface area contributed by atoms with Crippen molar-refractivity contribution in [2.24, 2.45) is 39.9 Å². The van der Waals surface area contributed by atoms with E-state index in [9.17, 15) is 34.8 Å². The van der Waals surface area contributed by atoms with Crippen LogP contribution in [0.2, 0.25) is 0 Å². The van der Waals surface area contributed by atoms with Crippen LogP contribution < -0.4 is 0 Å². The van der Waals surface area contributed by atoms with Gasteiger partial charge in [-0.2, -0.15) is 0 Å². The number of aliphatic hydroxyl groups excluding tert-OH is 2. The zero-order valence-corrected chi connectivity index (χ0v) is 20.6. The number of hydrogen-bond acceptors (Lipinski definition) is 9. The van der Waals surface area contributed by atoms with E-state index in [4.69, 9.17) is 14.2 Å². The van der Waals surface area contributed by atoms with Gasteiger partial charge in [-0.1, -0.05) is 27.2 Å². The second kappa shape index (κ2) is 6.38. The molecule has 3 aliphatic heterocycles. The van der Waals surface area contributed by atoms with Gasteiger partial charge in [-0.05, 0) is 49.9 Å². The molecule has 3 saturated heterocycles. The average molecular weight is 495 g/mol. The van der Waals surface area contributed by atoms with Crippen molar-refractivity contribution < 1.29 is 49.0 Å². The number of aliphatic carboxylic acids is 1. The van der Waals surface area contributed by atoms with Crippen LogP contribution in [0, 0.1) is 39.9 Å². The number of carboxylic acid groups (broad SMARTS) is 1. The van der Waals surface area contributed by atoms with Crippen LogP contribution in [0.1, 0.15) is 53.9 Å². The Morgan fingerprint density at radius 1 is 1.20 bits per heavy atom. The second-order valence-corrected chi connectivity index (χ2v) is 12.1. The van der Waals surface area contributed by atoms with Crippen molar-refractivity contribution in [3.05, 3.63) is 0 Å². The van der Waals surface area contributed by atoms with E-state index < -0.39 is 87.7 Å². The molecule has 3 saturated carbocycles. The van der Waals surface area contributed by atoms with E-state index in [-0.39, 0.29) is 18.3 Å².